The molecule has 1 aliphatic rings. The van der Waals surface area contributed by atoms with Gasteiger partial charge in [-0.2, -0.15) is 9.61 Å². The zero-order valence-electron chi connectivity index (χ0n) is 18.0. The number of hydrogen-bond donors (Lipinski definition) is 0. The minimum Gasteiger partial charge on any atom is -0.373 e. The molecule has 1 fully saturated rings. The second kappa shape index (κ2) is 8.23. The smallest absolute Gasteiger partial charge is 0.352 e. The number of morpholine rings is 1. The molecule has 0 N–H and O–H groups in total. The van der Waals surface area contributed by atoms with Gasteiger partial charge < -0.3 is 4.74 Å². The molecule has 33 heavy (non-hydrogen) atoms. The highest BCUT2D eigenvalue weighted by atomic mass is 19.2. The van der Waals surface area contributed by atoms with Crippen LogP contribution in [0, 0.1) is 17.5 Å². The first kappa shape index (κ1) is 21.5. The summed E-state index contributed by atoms with van der Waals surface area (Å²) in [6.07, 6.45) is 3.12. The van der Waals surface area contributed by atoms with E-state index in [0.717, 1.165) is 35.3 Å². The highest BCUT2D eigenvalue weighted by Crippen LogP contribution is 2.21. The molecule has 2 unspecified atom stereocenters. The third-order valence-corrected chi connectivity index (χ3v) is 5.72. The van der Waals surface area contributed by atoms with Gasteiger partial charge in [0.2, 0.25) is 0 Å². The summed E-state index contributed by atoms with van der Waals surface area (Å²) < 4.78 is 49.5. The molecular formula is C22H21F3N6O2. The SMILES string of the molecule is CC1CN(Cc2cnc3c(c2)c2ncnn2c(=O)n3Cc2ccc(F)c(F)c2F)CC(C)O1. The van der Waals surface area contributed by atoms with Gasteiger partial charge in [0.15, 0.2) is 23.1 Å². The quantitative estimate of drug-likeness (QED) is 0.438. The number of halogens is 3. The van der Waals surface area contributed by atoms with E-state index in [4.69, 9.17) is 4.74 Å². The molecule has 3 aromatic heterocycles. The fourth-order valence-electron chi connectivity index (χ4n) is 4.41. The number of rotatable bonds is 4. The van der Waals surface area contributed by atoms with Gasteiger partial charge in [0.1, 0.15) is 12.0 Å². The number of hydrogen-bond acceptors (Lipinski definition) is 6. The summed E-state index contributed by atoms with van der Waals surface area (Å²) in [6, 6.07) is 3.80. The fraction of sp³-hybridized carbons (Fsp3) is 0.364. The molecule has 11 heteroatoms. The molecule has 0 aliphatic carbocycles. The van der Waals surface area contributed by atoms with Crippen LogP contribution in [-0.2, 0) is 17.8 Å². The van der Waals surface area contributed by atoms with Gasteiger partial charge in [0, 0.05) is 31.4 Å². The summed E-state index contributed by atoms with van der Waals surface area (Å²) >= 11 is 0. The average Bonchev–Trinajstić information content (AvgIpc) is 3.26. The first-order valence-electron chi connectivity index (χ1n) is 10.5. The minimum atomic E-state index is -1.59. The van der Waals surface area contributed by atoms with E-state index < -0.39 is 23.1 Å². The van der Waals surface area contributed by atoms with E-state index in [0.29, 0.717) is 17.6 Å². The number of pyridine rings is 1. The largest absolute Gasteiger partial charge is 0.373 e. The molecule has 4 heterocycles. The first-order chi connectivity index (χ1) is 15.8. The molecule has 0 radical (unpaired) electrons. The average molecular weight is 458 g/mol. The van der Waals surface area contributed by atoms with Gasteiger partial charge in [-0.3, -0.25) is 9.47 Å². The zero-order chi connectivity index (χ0) is 23.3. The molecule has 8 nitrogen and oxygen atoms in total. The van der Waals surface area contributed by atoms with E-state index in [1.165, 1.54) is 10.9 Å². The van der Waals surface area contributed by atoms with Crippen molar-refractivity contribution in [3.8, 4) is 0 Å². The Hall–Kier alpha value is -3.31. The molecule has 2 atom stereocenters. The predicted molar refractivity (Wildman–Crippen MR) is 113 cm³/mol. The number of ether oxygens (including phenoxy) is 1. The van der Waals surface area contributed by atoms with Gasteiger partial charge in [-0.15, -0.1) is 0 Å². The maximum atomic E-state index is 14.3. The van der Waals surface area contributed by atoms with Crippen LogP contribution >= 0.6 is 0 Å². The standard InChI is InChI=1S/C22H21F3N6O2/c1-12-7-29(8-13(2)33-12)9-14-5-16-20(26-6-14)30(22(32)31-21(16)27-11-28-31)10-15-3-4-17(23)19(25)18(15)24/h3-6,11-13H,7-10H2,1-2H3. The van der Waals surface area contributed by atoms with Gasteiger partial charge >= 0.3 is 5.69 Å². The molecule has 5 rings (SSSR count). The topological polar surface area (TPSA) is 77.6 Å². The lowest BCUT2D eigenvalue weighted by atomic mass is 10.1. The second-order valence-electron chi connectivity index (χ2n) is 8.36. The Morgan fingerprint density at radius 3 is 2.55 bits per heavy atom. The van der Waals surface area contributed by atoms with Crippen LogP contribution in [0.3, 0.4) is 0 Å². The van der Waals surface area contributed by atoms with Crippen LogP contribution in [0.5, 0.6) is 0 Å². The van der Waals surface area contributed by atoms with E-state index in [1.54, 1.807) is 6.20 Å². The summed E-state index contributed by atoms with van der Waals surface area (Å²) in [7, 11) is 0. The van der Waals surface area contributed by atoms with Crippen molar-refractivity contribution in [3.63, 3.8) is 0 Å². The number of benzene rings is 1. The molecule has 0 bridgehead atoms. The van der Waals surface area contributed by atoms with E-state index >= 15 is 0 Å². The Morgan fingerprint density at radius 1 is 1.03 bits per heavy atom. The highest BCUT2D eigenvalue weighted by molar-refractivity contribution is 5.89. The molecule has 1 saturated heterocycles. The summed E-state index contributed by atoms with van der Waals surface area (Å²) in [5.74, 6) is -4.23. The lowest BCUT2D eigenvalue weighted by molar-refractivity contribution is -0.0705. The third kappa shape index (κ3) is 3.87. The van der Waals surface area contributed by atoms with E-state index in [1.807, 2.05) is 19.9 Å². The monoisotopic (exact) mass is 458 g/mol. The van der Waals surface area contributed by atoms with Crippen LogP contribution in [0.4, 0.5) is 13.2 Å². The molecule has 0 spiro atoms. The van der Waals surface area contributed by atoms with Gasteiger partial charge in [-0.1, -0.05) is 6.07 Å². The third-order valence-electron chi connectivity index (χ3n) is 5.72. The first-order valence-corrected chi connectivity index (χ1v) is 10.5. The summed E-state index contributed by atoms with van der Waals surface area (Å²) in [4.78, 5) is 23.9. The van der Waals surface area contributed by atoms with E-state index in [2.05, 4.69) is 20.0 Å². The van der Waals surface area contributed by atoms with Crippen molar-refractivity contribution in [3.05, 3.63) is 69.8 Å². The van der Waals surface area contributed by atoms with Gasteiger partial charge in [0.05, 0.1) is 24.1 Å². The zero-order valence-corrected chi connectivity index (χ0v) is 18.0. The van der Waals surface area contributed by atoms with Crippen molar-refractivity contribution in [2.75, 3.05) is 13.1 Å². The predicted octanol–water partition coefficient (Wildman–Crippen LogP) is 2.51. The maximum Gasteiger partial charge on any atom is 0.352 e. The number of nitrogens with zero attached hydrogens (tertiary/aromatic N) is 6. The van der Waals surface area contributed by atoms with Gasteiger partial charge in [-0.05, 0) is 31.5 Å². The van der Waals surface area contributed by atoms with Crippen LogP contribution in [-0.4, -0.2) is 54.3 Å². The van der Waals surface area contributed by atoms with Crippen LogP contribution < -0.4 is 5.69 Å². The Balaban J connectivity index is 1.59. The van der Waals surface area contributed by atoms with Crippen molar-refractivity contribution in [2.24, 2.45) is 0 Å². The van der Waals surface area contributed by atoms with Crippen LogP contribution in [0.2, 0.25) is 0 Å². The number of fused-ring (bicyclic) bond motifs is 3. The Kier molecular flexibility index (Phi) is 5.37. The lowest BCUT2D eigenvalue weighted by Crippen LogP contribution is -2.44. The summed E-state index contributed by atoms with van der Waals surface area (Å²) in [6.45, 7) is 5.88. The molecule has 0 saturated carbocycles. The Bertz CT molecular complexity index is 1410. The Labute approximate surface area is 186 Å². The van der Waals surface area contributed by atoms with Gasteiger partial charge in [0.25, 0.3) is 0 Å². The normalized spacial score (nSPS) is 19.5. The van der Waals surface area contributed by atoms with Crippen molar-refractivity contribution in [2.45, 2.75) is 39.1 Å². The van der Waals surface area contributed by atoms with Crippen molar-refractivity contribution in [1.29, 1.82) is 0 Å². The summed E-state index contributed by atoms with van der Waals surface area (Å²) in [5.41, 5.74) is 0.666. The molecular weight excluding hydrogens is 437 g/mol. The second-order valence-corrected chi connectivity index (χ2v) is 8.36. The van der Waals surface area contributed by atoms with Gasteiger partial charge in [-0.25, -0.2) is 27.9 Å². The molecule has 1 aromatic carbocycles. The van der Waals surface area contributed by atoms with Crippen molar-refractivity contribution in [1.82, 2.24) is 29.0 Å². The van der Waals surface area contributed by atoms with Crippen molar-refractivity contribution < 1.29 is 17.9 Å². The summed E-state index contributed by atoms with van der Waals surface area (Å²) in [5, 5.41) is 4.52. The number of aromatic nitrogens is 5. The molecule has 0 amide bonds. The fourth-order valence-corrected chi connectivity index (χ4v) is 4.41. The van der Waals surface area contributed by atoms with Crippen LogP contribution in [0.15, 0.2) is 35.5 Å². The maximum absolute atomic E-state index is 14.3. The molecule has 1 aliphatic heterocycles. The van der Waals surface area contributed by atoms with Crippen LogP contribution in [0.25, 0.3) is 16.7 Å². The van der Waals surface area contributed by atoms with Crippen LogP contribution in [0.1, 0.15) is 25.0 Å². The van der Waals surface area contributed by atoms with E-state index in [-0.39, 0.29) is 30.0 Å². The van der Waals surface area contributed by atoms with E-state index in [9.17, 15) is 18.0 Å². The molecule has 172 valence electrons. The molecule has 4 aromatic rings. The lowest BCUT2D eigenvalue weighted by Gasteiger charge is -2.35. The highest BCUT2D eigenvalue weighted by Gasteiger charge is 2.23. The Morgan fingerprint density at radius 2 is 1.79 bits per heavy atom. The minimum absolute atomic E-state index is 0.113. The van der Waals surface area contributed by atoms with Crippen molar-refractivity contribution >= 4 is 16.7 Å².